The summed E-state index contributed by atoms with van der Waals surface area (Å²) in [5, 5.41) is 11.6. The first-order valence-corrected chi connectivity index (χ1v) is 3.86. The summed E-state index contributed by atoms with van der Waals surface area (Å²) in [5.74, 6) is -0.539. The minimum absolute atomic E-state index is 0.315. The van der Waals surface area contributed by atoms with Gasteiger partial charge in [0.2, 0.25) is 5.95 Å². The molecule has 0 saturated heterocycles. The van der Waals surface area contributed by atoms with E-state index in [0.717, 1.165) is 0 Å². The van der Waals surface area contributed by atoms with Gasteiger partial charge in [-0.15, -0.1) is 0 Å². The Morgan fingerprint density at radius 1 is 1.46 bits per heavy atom. The van der Waals surface area contributed by atoms with E-state index in [0.29, 0.717) is 18.8 Å². The first-order chi connectivity index (χ1) is 6.23. The molecule has 0 radical (unpaired) electrons. The lowest BCUT2D eigenvalue weighted by atomic mass is 10.3. The maximum atomic E-state index is 10.8. The Bertz CT molecular complexity index is 323. The van der Waals surface area contributed by atoms with Gasteiger partial charge in [0.1, 0.15) is 18.2 Å². The van der Waals surface area contributed by atoms with E-state index in [4.69, 9.17) is 5.11 Å². The second kappa shape index (κ2) is 2.65. The van der Waals surface area contributed by atoms with Gasteiger partial charge in [0.05, 0.1) is 0 Å². The van der Waals surface area contributed by atoms with Crippen molar-refractivity contribution in [3.8, 4) is 0 Å². The minimum atomic E-state index is -0.854. The Balaban J connectivity index is 2.11. The summed E-state index contributed by atoms with van der Waals surface area (Å²) in [6.07, 6.45) is 3.89. The molecule has 0 aliphatic heterocycles. The van der Waals surface area contributed by atoms with Crippen molar-refractivity contribution in [1.82, 2.24) is 15.0 Å². The highest BCUT2D eigenvalue weighted by Gasteiger charge is 2.51. The number of nitrogens with zero attached hydrogens (tertiary/aromatic N) is 3. The van der Waals surface area contributed by atoms with E-state index in [1.807, 2.05) is 0 Å². The quantitative estimate of drug-likeness (QED) is 0.675. The predicted molar refractivity (Wildman–Crippen MR) is 43.1 cm³/mol. The summed E-state index contributed by atoms with van der Waals surface area (Å²) in [6.45, 7) is 0. The van der Waals surface area contributed by atoms with Crippen LogP contribution in [0.15, 0.2) is 12.7 Å². The van der Waals surface area contributed by atoms with E-state index in [1.54, 1.807) is 0 Å². The zero-order chi connectivity index (χ0) is 9.31. The first kappa shape index (κ1) is 7.90. The van der Waals surface area contributed by atoms with Gasteiger partial charge in [-0.1, -0.05) is 0 Å². The van der Waals surface area contributed by atoms with Gasteiger partial charge in [-0.25, -0.2) is 19.7 Å². The molecule has 2 N–H and O–H groups in total. The van der Waals surface area contributed by atoms with Gasteiger partial charge in [-0.3, -0.25) is 0 Å². The number of aliphatic carboxylic acids is 1. The molecular formula is C7H8N4O2. The van der Waals surface area contributed by atoms with Crippen molar-refractivity contribution in [1.29, 1.82) is 0 Å². The number of carbonyl (C=O) groups is 1. The Morgan fingerprint density at radius 3 is 2.54 bits per heavy atom. The molecule has 0 spiro atoms. The van der Waals surface area contributed by atoms with Crippen LogP contribution in [0.3, 0.4) is 0 Å². The van der Waals surface area contributed by atoms with Gasteiger partial charge in [0.25, 0.3) is 0 Å². The van der Waals surface area contributed by atoms with Crippen LogP contribution in [0.2, 0.25) is 0 Å². The Labute approximate surface area is 74.0 Å². The summed E-state index contributed by atoms with van der Waals surface area (Å²) in [6, 6.07) is 0. The zero-order valence-corrected chi connectivity index (χ0v) is 6.77. The largest absolute Gasteiger partial charge is 0.480 e. The second-order valence-electron chi connectivity index (χ2n) is 2.97. The summed E-state index contributed by atoms with van der Waals surface area (Å²) in [5.41, 5.74) is -0.832. The third-order valence-corrected chi connectivity index (χ3v) is 2.00. The van der Waals surface area contributed by atoms with Crippen LogP contribution in [0.4, 0.5) is 5.95 Å². The fourth-order valence-electron chi connectivity index (χ4n) is 1.04. The number of hydrogen-bond donors (Lipinski definition) is 2. The van der Waals surface area contributed by atoms with Crippen molar-refractivity contribution in [2.24, 2.45) is 0 Å². The average molecular weight is 180 g/mol. The van der Waals surface area contributed by atoms with Crippen LogP contribution >= 0.6 is 0 Å². The molecule has 0 aromatic carbocycles. The van der Waals surface area contributed by atoms with Gasteiger partial charge < -0.3 is 10.4 Å². The third-order valence-electron chi connectivity index (χ3n) is 2.00. The molecule has 1 saturated carbocycles. The van der Waals surface area contributed by atoms with Crippen LogP contribution < -0.4 is 5.32 Å². The van der Waals surface area contributed by atoms with E-state index in [9.17, 15) is 4.79 Å². The van der Waals surface area contributed by atoms with E-state index in [2.05, 4.69) is 20.3 Å². The molecular weight excluding hydrogens is 172 g/mol. The van der Waals surface area contributed by atoms with E-state index in [-0.39, 0.29) is 0 Å². The fraction of sp³-hybridized carbons (Fsp3) is 0.429. The van der Waals surface area contributed by atoms with Crippen LogP contribution in [0.5, 0.6) is 0 Å². The molecule has 0 amide bonds. The number of anilines is 1. The van der Waals surface area contributed by atoms with Gasteiger partial charge in [-0.2, -0.15) is 0 Å². The number of hydrogen-bond acceptors (Lipinski definition) is 5. The normalized spacial score (nSPS) is 17.8. The number of carboxylic acids is 1. The molecule has 6 nitrogen and oxygen atoms in total. The van der Waals surface area contributed by atoms with Gasteiger partial charge in [0, 0.05) is 0 Å². The SMILES string of the molecule is O=C(O)C1(Nc2ncncn2)CC1. The van der Waals surface area contributed by atoms with Crippen LogP contribution in [-0.2, 0) is 4.79 Å². The smallest absolute Gasteiger partial charge is 0.329 e. The molecule has 1 aliphatic carbocycles. The van der Waals surface area contributed by atoms with Crippen LogP contribution in [0.25, 0.3) is 0 Å². The molecule has 1 aromatic rings. The second-order valence-corrected chi connectivity index (χ2v) is 2.97. The molecule has 68 valence electrons. The predicted octanol–water partition coefficient (Wildman–Crippen LogP) is -0.0993. The zero-order valence-electron chi connectivity index (χ0n) is 6.77. The lowest BCUT2D eigenvalue weighted by Gasteiger charge is -2.10. The number of carboxylic acid groups (broad SMARTS) is 1. The molecule has 13 heavy (non-hydrogen) atoms. The Hall–Kier alpha value is -1.72. The van der Waals surface area contributed by atoms with Crippen LogP contribution in [-0.4, -0.2) is 31.6 Å². The van der Waals surface area contributed by atoms with Crippen molar-refractivity contribution in [3.63, 3.8) is 0 Å². The summed E-state index contributed by atoms with van der Waals surface area (Å²) in [4.78, 5) is 22.0. The number of rotatable bonds is 3. The molecule has 2 rings (SSSR count). The standard InChI is InChI=1S/C7H8N4O2/c12-5(13)7(1-2-7)11-6-9-3-8-4-10-6/h3-4H,1-2H2,(H,12,13)(H,8,9,10,11). The van der Waals surface area contributed by atoms with Crippen LogP contribution in [0, 0.1) is 0 Å². The third kappa shape index (κ3) is 1.42. The van der Waals surface area contributed by atoms with Crippen molar-refractivity contribution < 1.29 is 9.90 Å². The molecule has 0 bridgehead atoms. The van der Waals surface area contributed by atoms with Crippen molar-refractivity contribution in [3.05, 3.63) is 12.7 Å². The molecule has 0 atom stereocenters. The Kier molecular flexibility index (Phi) is 1.61. The fourth-order valence-corrected chi connectivity index (χ4v) is 1.04. The molecule has 6 heteroatoms. The Morgan fingerprint density at radius 2 is 2.08 bits per heavy atom. The summed E-state index contributed by atoms with van der Waals surface area (Å²) >= 11 is 0. The maximum Gasteiger partial charge on any atom is 0.329 e. The van der Waals surface area contributed by atoms with Crippen LogP contribution in [0.1, 0.15) is 12.8 Å². The summed E-state index contributed by atoms with van der Waals surface area (Å²) < 4.78 is 0. The monoisotopic (exact) mass is 180 g/mol. The van der Waals surface area contributed by atoms with Crippen molar-refractivity contribution in [2.75, 3.05) is 5.32 Å². The van der Waals surface area contributed by atoms with Gasteiger partial charge in [0.15, 0.2) is 0 Å². The van der Waals surface area contributed by atoms with Crippen molar-refractivity contribution >= 4 is 11.9 Å². The molecule has 1 fully saturated rings. The minimum Gasteiger partial charge on any atom is -0.480 e. The van der Waals surface area contributed by atoms with Crippen molar-refractivity contribution in [2.45, 2.75) is 18.4 Å². The lowest BCUT2D eigenvalue weighted by molar-refractivity contribution is -0.138. The maximum absolute atomic E-state index is 10.8. The topological polar surface area (TPSA) is 88.0 Å². The molecule has 0 unspecified atom stereocenters. The number of nitrogens with one attached hydrogen (secondary N) is 1. The summed E-state index contributed by atoms with van der Waals surface area (Å²) in [7, 11) is 0. The lowest BCUT2D eigenvalue weighted by Crippen LogP contribution is -2.32. The first-order valence-electron chi connectivity index (χ1n) is 3.86. The average Bonchev–Trinajstić information content (AvgIpc) is 2.87. The highest BCUT2D eigenvalue weighted by molar-refractivity contribution is 5.85. The molecule has 1 aromatic heterocycles. The molecule has 1 heterocycles. The van der Waals surface area contributed by atoms with Gasteiger partial charge in [-0.05, 0) is 12.8 Å². The van der Waals surface area contributed by atoms with Gasteiger partial charge >= 0.3 is 5.97 Å². The van der Waals surface area contributed by atoms with E-state index in [1.165, 1.54) is 12.7 Å². The van der Waals surface area contributed by atoms with E-state index >= 15 is 0 Å². The number of aromatic nitrogens is 3. The highest BCUT2D eigenvalue weighted by Crippen LogP contribution is 2.38. The highest BCUT2D eigenvalue weighted by atomic mass is 16.4. The van der Waals surface area contributed by atoms with E-state index < -0.39 is 11.5 Å². The molecule has 1 aliphatic rings.